The van der Waals surface area contributed by atoms with E-state index in [0.717, 1.165) is 33.7 Å². The van der Waals surface area contributed by atoms with E-state index in [1.165, 1.54) is 0 Å². The first-order valence-corrected chi connectivity index (χ1v) is 10.1. The number of carbonyl (C=O) groups is 1. The van der Waals surface area contributed by atoms with Crippen LogP contribution in [0, 0.1) is 0 Å². The highest BCUT2D eigenvalue weighted by Crippen LogP contribution is 2.41. The van der Waals surface area contributed by atoms with Crippen LogP contribution in [0.1, 0.15) is 25.0 Å². The van der Waals surface area contributed by atoms with Crippen LogP contribution in [-0.2, 0) is 17.8 Å². The molecule has 2 aromatic heterocycles. The lowest BCUT2D eigenvalue weighted by molar-refractivity contribution is -0.123. The van der Waals surface area contributed by atoms with E-state index in [0.29, 0.717) is 12.3 Å². The summed E-state index contributed by atoms with van der Waals surface area (Å²) >= 11 is 1.67. The Bertz CT molecular complexity index is 983. The first-order chi connectivity index (χ1) is 13.5. The van der Waals surface area contributed by atoms with Crippen molar-refractivity contribution >= 4 is 17.2 Å². The molecule has 1 amide bonds. The minimum atomic E-state index is -0.245. The van der Waals surface area contributed by atoms with Crippen LogP contribution >= 0.6 is 11.3 Å². The van der Waals surface area contributed by atoms with Crippen molar-refractivity contribution in [2.24, 2.45) is 0 Å². The molecule has 0 saturated heterocycles. The van der Waals surface area contributed by atoms with Crippen LogP contribution in [0.2, 0.25) is 0 Å². The molecule has 5 nitrogen and oxygen atoms in total. The van der Waals surface area contributed by atoms with Gasteiger partial charge in [0.2, 0.25) is 0 Å². The number of thiophene rings is 1. The molecule has 1 aliphatic heterocycles. The third kappa shape index (κ3) is 4.17. The van der Waals surface area contributed by atoms with Gasteiger partial charge < -0.3 is 14.8 Å². The first-order valence-electron chi connectivity index (χ1n) is 9.18. The number of nitrogens with zero attached hydrogens (tertiary/aromatic N) is 1. The van der Waals surface area contributed by atoms with Crippen LogP contribution in [0.25, 0.3) is 10.4 Å². The maximum atomic E-state index is 12.2. The highest BCUT2D eigenvalue weighted by atomic mass is 32.1. The van der Waals surface area contributed by atoms with Gasteiger partial charge in [0.25, 0.3) is 5.91 Å². The molecule has 144 valence electrons. The van der Waals surface area contributed by atoms with Gasteiger partial charge in [0.05, 0.1) is 0 Å². The molecular formula is C22H22N2O3S. The Morgan fingerprint density at radius 3 is 3.00 bits per heavy atom. The number of fused-ring (bicyclic) bond motifs is 1. The number of aromatic nitrogens is 1. The highest BCUT2D eigenvalue weighted by molar-refractivity contribution is 7.13. The molecule has 3 aromatic rings. The first kappa shape index (κ1) is 18.5. The summed E-state index contributed by atoms with van der Waals surface area (Å²) in [6.07, 6.45) is 4.43. The number of nitrogens with one attached hydrogen (secondary N) is 1. The maximum Gasteiger partial charge on any atom is 0.258 e. The van der Waals surface area contributed by atoms with Crippen molar-refractivity contribution in [3.05, 3.63) is 65.3 Å². The van der Waals surface area contributed by atoms with Gasteiger partial charge in [-0.1, -0.05) is 18.2 Å². The van der Waals surface area contributed by atoms with Gasteiger partial charge in [-0.15, -0.1) is 11.3 Å². The number of pyridine rings is 1. The summed E-state index contributed by atoms with van der Waals surface area (Å²) in [5.41, 5.74) is 2.87. The lowest BCUT2D eigenvalue weighted by Crippen LogP contribution is -2.28. The van der Waals surface area contributed by atoms with Crippen LogP contribution in [-0.4, -0.2) is 23.1 Å². The third-order valence-electron chi connectivity index (χ3n) is 4.50. The quantitative estimate of drug-likeness (QED) is 0.680. The average Bonchev–Trinajstić information content (AvgIpc) is 3.31. The molecule has 3 heterocycles. The van der Waals surface area contributed by atoms with Gasteiger partial charge in [0.1, 0.15) is 5.60 Å². The molecule has 0 spiro atoms. The fourth-order valence-corrected chi connectivity index (χ4v) is 3.97. The van der Waals surface area contributed by atoms with E-state index >= 15 is 0 Å². The second-order valence-electron chi connectivity index (χ2n) is 7.41. The molecule has 1 aliphatic rings. The molecule has 0 unspecified atom stereocenters. The van der Waals surface area contributed by atoms with E-state index in [-0.39, 0.29) is 18.1 Å². The van der Waals surface area contributed by atoms with Crippen LogP contribution in [0.15, 0.2) is 54.2 Å². The van der Waals surface area contributed by atoms with Gasteiger partial charge in [-0.3, -0.25) is 9.78 Å². The minimum Gasteiger partial charge on any atom is -0.483 e. The molecule has 6 heteroatoms. The smallest absolute Gasteiger partial charge is 0.258 e. The largest absolute Gasteiger partial charge is 0.483 e. The Hall–Kier alpha value is -2.86. The van der Waals surface area contributed by atoms with E-state index in [4.69, 9.17) is 9.47 Å². The molecule has 4 rings (SSSR count). The molecule has 0 aliphatic carbocycles. The Morgan fingerprint density at radius 2 is 2.18 bits per heavy atom. The van der Waals surface area contributed by atoms with Crippen molar-refractivity contribution in [3.8, 4) is 21.9 Å². The van der Waals surface area contributed by atoms with E-state index in [9.17, 15) is 4.79 Å². The van der Waals surface area contributed by atoms with E-state index in [1.807, 2.05) is 55.8 Å². The molecule has 0 bridgehead atoms. The van der Waals surface area contributed by atoms with Crippen molar-refractivity contribution in [3.63, 3.8) is 0 Å². The molecule has 0 fully saturated rings. The average molecular weight is 394 g/mol. The predicted molar refractivity (Wildman–Crippen MR) is 110 cm³/mol. The lowest BCUT2D eigenvalue weighted by atomic mass is 10.0. The Kier molecular flexibility index (Phi) is 5.05. The molecule has 1 aromatic carbocycles. The van der Waals surface area contributed by atoms with Gasteiger partial charge in [0.15, 0.2) is 18.1 Å². The van der Waals surface area contributed by atoms with Crippen molar-refractivity contribution in [2.75, 3.05) is 6.61 Å². The lowest BCUT2D eigenvalue weighted by Gasteiger charge is -2.18. The van der Waals surface area contributed by atoms with Crippen LogP contribution in [0.3, 0.4) is 0 Å². The summed E-state index contributed by atoms with van der Waals surface area (Å²) in [6.45, 7) is 4.44. The summed E-state index contributed by atoms with van der Waals surface area (Å²) in [4.78, 5) is 17.7. The maximum absolute atomic E-state index is 12.2. The summed E-state index contributed by atoms with van der Waals surface area (Å²) in [7, 11) is 0. The summed E-state index contributed by atoms with van der Waals surface area (Å²) in [6, 6.07) is 11.9. The molecule has 28 heavy (non-hydrogen) atoms. The van der Waals surface area contributed by atoms with E-state index < -0.39 is 0 Å². The summed E-state index contributed by atoms with van der Waals surface area (Å²) in [5, 5.41) is 4.92. The topological polar surface area (TPSA) is 60.5 Å². The Balaban J connectivity index is 1.33. The number of hydrogen-bond acceptors (Lipinski definition) is 5. The van der Waals surface area contributed by atoms with E-state index in [1.54, 1.807) is 17.5 Å². The number of hydrogen-bond donors (Lipinski definition) is 1. The second kappa shape index (κ2) is 7.64. The Morgan fingerprint density at radius 1 is 1.29 bits per heavy atom. The van der Waals surface area contributed by atoms with Crippen molar-refractivity contribution in [2.45, 2.75) is 32.4 Å². The van der Waals surface area contributed by atoms with Crippen molar-refractivity contribution < 1.29 is 14.3 Å². The fourth-order valence-electron chi connectivity index (χ4n) is 3.26. The molecule has 0 radical (unpaired) electrons. The van der Waals surface area contributed by atoms with Crippen molar-refractivity contribution in [1.82, 2.24) is 10.3 Å². The van der Waals surface area contributed by atoms with E-state index in [2.05, 4.69) is 16.4 Å². The van der Waals surface area contributed by atoms with Gasteiger partial charge in [-0.25, -0.2) is 0 Å². The second-order valence-corrected chi connectivity index (χ2v) is 8.36. The fraction of sp³-hybridized carbons (Fsp3) is 0.273. The summed E-state index contributed by atoms with van der Waals surface area (Å²) < 4.78 is 11.7. The van der Waals surface area contributed by atoms with Gasteiger partial charge >= 0.3 is 0 Å². The highest BCUT2D eigenvalue weighted by Gasteiger charge is 2.32. The monoisotopic (exact) mass is 394 g/mol. The third-order valence-corrected chi connectivity index (χ3v) is 5.42. The number of amides is 1. The van der Waals surface area contributed by atoms with Crippen LogP contribution in [0.5, 0.6) is 11.5 Å². The molecular weight excluding hydrogens is 372 g/mol. The molecule has 0 atom stereocenters. The number of rotatable bonds is 6. The summed E-state index contributed by atoms with van der Waals surface area (Å²) in [5.74, 6) is 1.17. The predicted octanol–water partition coefficient (Wildman–Crippen LogP) is 4.22. The van der Waals surface area contributed by atoms with Crippen LogP contribution in [0.4, 0.5) is 0 Å². The zero-order valence-electron chi connectivity index (χ0n) is 15.9. The SMILES string of the molecule is CC1(C)Cc2cccc(OCC(=O)NCc3cncc(-c4cccs4)c3)c2O1. The van der Waals surface area contributed by atoms with Crippen molar-refractivity contribution in [1.29, 1.82) is 0 Å². The Labute approximate surface area is 168 Å². The van der Waals surface area contributed by atoms with Gasteiger partial charge in [-0.2, -0.15) is 0 Å². The number of benzene rings is 1. The normalized spacial score (nSPS) is 14.2. The zero-order valence-corrected chi connectivity index (χ0v) is 16.7. The standard InChI is InChI=1S/C22H22N2O3S/c1-22(2)10-16-5-3-6-18(21(16)27-22)26-14-20(25)24-12-15-9-17(13-23-11-15)19-7-4-8-28-19/h3-9,11,13H,10,12,14H2,1-2H3,(H,24,25). The minimum absolute atomic E-state index is 0.0573. The zero-order chi connectivity index (χ0) is 19.6. The molecule has 0 saturated carbocycles. The molecule has 1 N–H and O–H groups in total. The number of carbonyl (C=O) groups excluding carboxylic acids is 1. The van der Waals surface area contributed by atoms with Gasteiger partial charge in [0, 0.05) is 41.4 Å². The number of ether oxygens (including phenoxy) is 2. The van der Waals surface area contributed by atoms with Gasteiger partial charge in [-0.05, 0) is 43.0 Å². The van der Waals surface area contributed by atoms with Crippen LogP contribution < -0.4 is 14.8 Å². The number of para-hydroxylation sites is 1.